The van der Waals surface area contributed by atoms with Gasteiger partial charge in [0.15, 0.2) is 0 Å². The van der Waals surface area contributed by atoms with Gasteiger partial charge in [0.25, 0.3) is 6.47 Å². The van der Waals surface area contributed by atoms with Crippen LogP contribution in [-0.4, -0.2) is 11.4 Å². The monoisotopic (exact) mass is 199 g/mol. The van der Waals surface area contributed by atoms with E-state index in [1.54, 1.807) is 0 Å². The lowest BCUT2D eigenvalue weighted by molar-refractivity contribution is -0.387. The standard InChI is InChI=1S/C8H6FNO4/c9-7-2-1-6(4-14-5-11)3-8(7)10(12)13/h1-3,5H,4H2. The molecular formula is C8H6FNO4. The first-order valence-electron chi connectivity index (χ1n) is 3.63. The molecule has 5 nitrogen and oxygen atoms in total. The molecule has 0 aliphatic rings. The predicted octanol–water partition coefficient (Wildman–Crippen LogP) is 1.41. The fourth-order valence-corrected chi connectivity index (χ4v) is 0.918. The number of hydrogen-bond acceptors (Lipinski definition) is 4. The van der Waals surface area contributed by atoms with Gasteiger partial charge in [0.2, 0.25) is 5.82 Å². The first kappa shape index (κ1) is 10.1. The van der Waals surface area contributed by atoms with E-state index in [0.717, 1.165) is 12.1 Å². The number of nitrogens with zero attached hydrogens (tertiary/aromatic N) is 1. The molecule has 0 aliphatic heterocycles. The molecule has 0 saturated heterocycles. The molecule has 0 aromatic heterocycles. The third kappa shape index (κ3) is 2.25. The van der Waals surface area contributed by atoms with E-state index in [9.17, 15) is 19.3 Å². The average molecular weight is 199 g/mol. The maximum atomic E-state index is 12.8. The number of nitro benzene ring substituents is 1. The smallest absolute Gasteiger partial charge is 0.305 e. The third-order valence-electron chi connectivity index (χ3n) is 1.53. The second-order valence-corrected chi connectivity index (χ2v) is 2.45. The van der Waals surface area contributed by atoms with Gasteiger partial charge in [0.1, 0.15) is 6.61 Å². The van der Waals surface area contributed by atoms with E-state index in [2.05, 4.69) is 4.74 Å². The summed E-state index contributed by atoms with van der Waals surface area (Å²) >= 11 is 0. The largest absolute Gasteiger partial charge is 0.463 e. The number of carbonyl (C=O) groups is 1. The van der Waals surface area contributed by atoms with Crippen LogP contribution < -0.4 is 0 Å². The highest BCUT2D eigenvalue weighted by molar-refractivity contribution is 5.39. The second-order valence-electron chi connectivity index (χ2n) is 2.45. The van der Waals surface area contributed by atoms with Crippen molar-refractivity contribution in [2.45, 2.75) is 6.61 Å². The van der Waals surface area contributed by atoms with E-state index in [0.29, 0.717) is 5.56 Å². The molecular weight excluding hydrogens is 193 g/mol. The maximum absolute atomic E-state index is 12.8. The van der Waals surface area contributed by atoms with E-state index < -0.39 is 16.4 Å². The van der Waals surface area contributed by atoms with E-state index in [1.807, 2.05) is 0 Å². The first-order valence-corrected chi connectivity index (χ1v) is 3.63. The van der Waals surface area contributed by atoms with Crippen molar-refractivity contribution in [1.82, 2.24) is 0 Å². The molecule has 0 bridgehead atoms. The van der Waals surface area contributed by atoms with Crippen molar-refractivity contribution in [3.63, 3.8) is 0 Å². The molecule has 1 rings (SSSR count). The van der Waals surface area contributed by atoms with Crippen LogP contribution in [0.4, 0.5) is 10.1 Å². The summed E-state index contributed by atoms with van der Waals surface area (Å²) in [6.45, 7) is 0.111. The van der Waals surface area contributed by atoms with E-state index in [1.165, 1.54) is 6.07 Å². The average Bonchev–Trinajstić information content (AvgIpc) is 2.16. The highest BCUT2D eigenvalue weighted by atomic mass is 19.1. The minimum absolute atomic E-state index is 0.107. The van der Waals surface area contributed by atoms with E-state index in [-0.39, 0.29) is 13.1 Å². The van der Waals surface area contributed by atoms with Crippen LogP contribution in [0, 0.1) is 15.9 Å². The summed E-state index contributed by atoms with van der Waals surface area (Å²) in [5.41, 5.74) is -0.262. The third-order valence-corrected chi connectivity index (χ3v) is 1.53. The van der Waals surface area contributed by atoms with Gasteiger partial charge < -0.3 is 4.74 Å². The van der Waals surface area contributed by atoms with E-state index >= 15 is 0 Å². The van der Waals surface area contributed by atoms with Crippen molar-refractivity contribution in [3.05, 3.63) is 39.7 Å². The van der Waals surface area contributed by atoms with Gasteiger partial charge in [-0.1, -0.05) is 6.07 Å². The van der Waals surface area contributed by atoms with Crippen LogP contribution in [0.1, 0.15) is 5.56 Å². The van der Waals surface area contributed by atoms with Gasteiger partial charge in [0.05, 0.1) is 4.92 Å². The Morgan fingerprint density at radius 2 is 2.29 bits per heavy atom. The fraction of sp³-hybridized carbons (Fsp3) is 0.125. The highest BCUT2D eigenvalue weighted by Crippen LogP contribution is 2.18. The lowest BCUT2D eigenvalue weighted by atomic mass is 10.2. The molecule has 0 amide bonds. The predicted molar refractivity (Wildman–Crippen MR) is 43.9 cm³/mol. The van der Waals surface area contributed by atoms with Crippen molar-refractivity contribution in [1.29, 1.82) is 0 Å². The summed E-state index contributed by atoms with van der Waals surface area (Å²) in [5.74, 6) is -0.912. The molecule has 0 spiro atoms. The van der Waals surface area contributed by atoms with E-state index in [4.69, 9.17) is 0 Å². The molecule has 0 saturated carbocycles. The Balaban J connectivity index is 2.94. The summed E-state index contributed by atoms with van der Waals surface area (Å²) in [5, 5.41) is 10.3. The Hall–Kier alpha value is -1.98. The van der Waals surface area contributed by atoms with Crippen LogP contribution in [0.5, 0.6) is 0 Å². The number of hydrogen-bond donors (Lipinski definition) is 0. The van der Waals surface area contributed by atoms with Crippen molar-refractivity contribution in [2.24, 2.45) is 0 Å². The van der Waals surface area contributed by atoms with Gasteiger partial charge in [-0.2, -0.15) is 4.39 Å². The normalized spacial score (nSPS) is 9.50. The molecule has 0 atom stereocenters. The van der Waals surface area contributed by atoms with Gasteiger partial charge >= 0.3 is 5.69 Å². The van der Waals surface area contributed by atoms with Crippen LogP contribution in [0.15, 0.2) is 18.2 Å². The van der Waals surface area contributed by atoms with Gasteiger partial charge in [-0.3, -0.25) is 14.9 Å². The first-order chi connectivity index (χ1) is 6.65. The lowest BCUT2D eigenvalue weighted by Crippen LogP contribution is -1.96. The van der Waals surface area contributed by atoms with Crippen molar-refractivity contribution in [3.8, 4) is 0 Å². The summed E-state index contributed by atoms with van der Waals surface area (Å²) < 4.78 is 17.2. The number of benzene rings is 1. The minimum Gasteiger partial charge on any atom is -0.463 e. The number of ether oxygens (including phenoxy) is 1. The van der Waals surface area contributed by atoms with Crippen molar-refractivity contribution >= 4 is 12.2 Å². The zero-order valence-corrected chi connectivity index (χ0v) is 6.97. The number of carbonyl (C=O) groups excluding carboxylic acids is 1. The highest BCUT2D eigenvalue weighted by Gasteiger charge is 2.13. The molecule has 1 aromatic carbocycles. The molecule has 0 unspecified atom stereocenters. The van der Waals surface area contributed by atoms with Crippen molar-refractivity contribution in [2.75, 3.05) is 0 Å². The van der Waals surface area contributed by atoms with Gasteiger partial charge in [-0.15, -0.1) is 0 Å². The molecule has 74 valence electrons. The fourth-order valence-electron chi connectivity index (χ4n) is 0.918. The van der Waals surface area contributed by atoms with Crippen LogP contribution >= 0.6 is 0 Å². The zero-order valence-electron chi connectivity index (χ0n) is 6.97. The van der Waals surface area contributed by atoms with Crippen LogP contribution in [-0.2, 0) is 16.1 Å². The quantitative estimate of drug-likeness (QED) is 0.417. The van der Waals surface area contributed by atoms with Gasteiger partial charge in [-0.05, 0) is 11.6 Å². The molecule has 6 heteroatoms. The molecule has 0 fully saturated rings. The number of halogens is 1. The Bertz CT molecular complexity index is 366. The molecule has 1 aromatic rings. The van der Waals surface area contributed by atoms with Crippen LogP contribution in [0.3, 0.4) is 0 Å². The Morgan fingerprint density at radius 3 is 2.86 bits per heavy atom. The van der Waals surface area contributed by atoms with Gasteiger partial charge in [-0.25, -0.2) is 0 Å². The Kier molecular flexibility index (Phi) is 3.11. The summed E-state index contributed by atoms with van der Waals surface area (Å²) in [6.07, 6.45) is 0. The summed E-state index contributed by atoms with van der Waals surface area (Å²) in [7, 11) is 0. The Morgan fingerprint density at radius 1 is 1.57 bits per heavy atom. The number of nitro groups is 1. The SMILES string of the molecule is O=COCc1ccc(F)c([N+](=O)[O-])c1. The maximum Gasteiger partial charge on any atom is 0.305 e. The number of rotatable bonds is 4. The van der Waals surface area contributed by atoms with Gasteiger partial charge in [0, 0.05) is 6.07 Å². The molecule has 0 N–H and O–H groups in total. The van der Waals surface area contributed by atoms with Crippen LogP contribution in [0.25, 0.3) is 0 Å². The summed E-state index contributed by atoms with van der Waals surface area (Å²) in [4.78, 5) is 19.3. The Labute approximate surface area is 78.3 Å². The molecule has 0 heterocycles. The second kappa shape index (κ2) is 4.31. The summed E-state index contributed by atoms with van der Waals surface area (Å²) in [6, 6.07) is 3.30. The molecule has 0 radical (unpaired) electrons. The lowest BCUT2D eigenvalue weighted by Gasteiger charge is -1.99. The molecule has 0 aliphatic carbocycles. The van der Waals surface area contributed by atoms with Crippen LogP contribution in [0.2, 0.25) is 0 Å². The zero-order chi connectivity index (χ0) is 10.6. The molecule has 14 heavy (non-hydrogen) atoms. The van der Waals surface area contributed by atoms with Crippen molar-refractivity contribution < 1.29 is 18.8 Å². The topological polar surface area (TPSA) is 69.4 Å². The minimum atomic E-state index is -0.912.